The minimum absolute atomic E-state index is 0.134. The van der Waals surface area contributed by atoms with Gasteiger partial charge in [-0.25, -0.2) is 0 Å². The van der Waals surface area contributed by atoms with Crippen LogP contribution in [0.15, 0.2) is 42.5 Å². The Morgan fingerprint density at radius 2 is 1.81 bits per heavy atom. The molecule has 0 aliphatic heterocycles. The topological polar surface area (TPSA) is 68.8 Å². The van der Waals surface area contributed by atoms with E-state index in [0.717, 1.165) is 5.56 Å². The highest BCUT2D eigenvalue weighted by Crippen LogP contribution is 2.29. The van der Waals surface area contributed by atoms with Crippen LogP contribution in [0, 0.1) is 0 Å². The van der Waals surface area contributed by atoms with Gasteiger partial charge in [-0.05, 0) is 41.9 Å². The summed E-state index contributed by atoms with van der Waals surface area (Å²) in [5.41, 5.74) is 1.67. The summed E-state index contributed by atoms with van der Waals surface area (Å²) >= 11 is 5.19. The fraction of sp³-hybridized carbons (Fsp3) is 0.300. The highest BCUT2D eigenvalue weighted by atomic mass is 32.1. The minimum atomic E-state index is -0.349. The van der Waals surface area contributed by atoms with Crippen molar-refractivity contribution in [1.29, 1.82) is 0 Å². The Bertz CT molecular complexity index is 808. The summed E-state index contributed by atoms with van der Waals surface area (Å²) in [6.07, 6.45) is 0. The number of para-hydroxylation sites is 1. The molecule has 0 heterocycles. The molecule has 2 aromatic rings. The van der Waals surface area contributed by atoms with Crippen molar-refractivity contribution >= 4 is 28.9 Å². The predicted octanol–water partition coefficient (Wildman–Crippen LogP) is 3.72. The zero-order valence-electron chi connectivity index (χ0n) is 15.9. The van der Waals surface area contributed by atoms with E-state index in [0.29, 0.717) is 28.9 Å². The lowest BCUT2D eigenvalue weighted by atomic mass is 10.0. The second-order valence-electron chi connectivity index (χ2n) is 6.05. The van der Waals surface area contributed by atoms with Crippen LogP contribution in [0.2, 0.25) is 0 Å². The smallest absolute Gasteiger partial charge is 0.264 e. The summed E-state index contributed by atoms with van der Waals surface area (Å²) in [5, 5.41) is 5.69. The largest absolute Gasteiger partial charge is 0.497 e. The number of hydrogen-bond acceptors (Lipinski definition) is 5. The Balaban J connectivity index is 1.92. The molecule has 0 aliphatic rings. The first-order valence-electron chi connectivity index (χ1n) is 8.49. The second-order valence-corrected chi connectivity index (χ2v) is 6.46. The molecule has 27 heavy (non-hydrogen) atoms. The van der Waals surface area contributed by atoms with E-state index in [1.807, 2.05) is 24.3 Å². The Kier molecular flexibility index (Phi) is 7.43. The first kappa shape index (κ1) is 20.5. The molecule has 0 saturated heterocycles. The van der Waals surface area contributed by atoms with Crippen molar-refractivity contribution in [3.05, 3.63) is 48.0 Å². The van der Waals surface area contributed by atoms with Crippen LogP contribution < -0.4 is 24.8 Å². The number of amides is 1. The van der Waals surface area contributed by atoms with Gasteiger partial charge in [0.25, 0.3) is 5.91 Å². The maximum Gasteiger partial charge on any atom is 0.264 e. The average Bonchev–Trinajstić information content (AvgIpc) is 2.66. The summed E-state index contributed by atoms with van der Waals surface area (Å²) in [4.78, 5) is 12.1. The number of rotatable bonds is 7. The molecular formula is C20H24N2O4S. The standard InChI is InChI=1S/C20H24N2O4S/c1-13(2)15-7-5-6-8-17(15)26-12-19(23)22-20(27)21-16-10-9-14(24-3)11-18(16)25-4/h5-11,13H,12H2,1-4H3,(H2,21,22,23,27). The molecule has 1 amide bonds. The van der Waals surface area contributed by atoms with Crippen molar-refractivity contribution in [3.63, 3.8) is 0 Å². The SMILES string of the molecule is COc1ccc(NC(=S)NC(=O)COc2ccccc2C(C)C)c(OC)c1. The van der Waals surface area contributed by atoms with Crippen molar-refractivity contribution in [3.8, 4) is 17.2 Å². The first-order valence-corrected chi connectivity index (χ1v) is 8.90. The molecule has 2 aromatic carbocycles. The quantitative estimate of drug-likeness (QED) is 0.705. The molecule has 0 radical (unpaired) electrons. The lowest BCUT2D eigenvalue weighted by molar-refractivity contribution is -0.121. The summed E-state index contributed by atoms with van der Waals surface area (Å²) in [6, 6.07) is 12.9. The van der Waals surface area contributed by atoms with Gasteiger partial charge in [0.2, 0.25) is 0 Å². The lowest BCUT2D eigenvalue weighted by Crippen LogP contribution is -2.37. The molecule has 0 bridgehead atoms. The fourth-order valence-electron chi connectivity index (χ4n) is 2.45. The van der Waals surface area contributed by atoms with E-state index in [-0.39, 0.29) is 17.6 Å². The Hall–Kier alpha value is -2.80. The van der Waals surface area contributed by atoms with E-state index < -0.39 is 0 Å². The van der Waals surface area contributed by atoms with Crippen LogP contribution in [0.3, 0.4) is 0 Å². The fourth-order valence-corrected chi connectivity index (χ4v) is 2.67. The molecule has 0 aliphatic carbocycles. The van der Waals surface area contributed by atoms with Gasteiger partial charge in [0.15, 0.2) is 11.7 Å². The lowest BCUT2D eigenvalue weighted by Gasteiger charge is -2.15. The maximum atomic E-state index is 12.1. The number of hydrogen-bond donors (Lipinski definition) is 2. The molecule has 0 fully saturated rings. The molecule has 0 unspecified atom stereocenters. The minimum Gasteiger partial charge on any atom is -0.497 e. The molecule has 0 aromatic heterocycles. The third kappa shape index (κ3) is 5.86. The number of thiocarbonyl (C=S) groups is 1. The molecule has 0 saturated carbocycles. The van der Waals surface area contributed by atoms with E-state index in [4.69, 9.17) is 26.4 Å². The van der Waals surface area contributed by atoms with E-state index in [2.05, 4.69) is 24.5 Å². The van der Waals surface area contributed by atoms with Crippen LogP contribution in [0.5, 0.6) is 17.2 Å². The van der Waals surface area contributed by atoms with Gasteiger partial charge < -0.3 is 19.5 Å². The van der Waals surface area contributed by atoms with Gasteiger partial charge in [-0.1, -0.05) is 32.0 Å². The second kappa shape index (κ2) is 9.78. The number of carbonyl (C=O) groups is 1. The van der Waals surface area contributed by atoms with Crippen molar-refractivity contribution in [2.45, 2.75) is 19.8 Å². The van der Waals surface area contributed by atoms with E-state index in [9.17, 15) is 4.79 Å². The van der Waals surface area contributed by atoms with Gasteiger partial charge in [0.1, 0.15) is 17.2 Å². The zero-order valence-corrected chi connectivity index (χ0v) is 16.7. The molecule has 2 rings (SSSR count). The van der Waals surface area contributed by atoms with Crippen molar-refractivity contribution in [1.82, 2.24) is 5.32 Å². The molecule has 2 N–H and O–H groups in total. The highest BCUT2D eigenvalue weighted by molar-refractivity contribution is 7.80. The molecule has 0 atom stereocenters. The summed E-state index contributed by atoms with van der Waals surface area (Å²) in [7, 11) is 3.12. The van der Waals surface area contributed by atoms with Crippen molar-refractivity contribution < 1.29 is 19.0 Å². The Labute approximate surface area is 164 Å². The van der Waals surface area contributed by atoms with Gasteiger partial charge in [0.05, 0.1) is 19.9 Å². The van der Waals surface area contributed by atoms with E-state index in [1.165, 1.54) is 0 Å². The number of anilines is 1. The molecule has 144 valence electrons. The molecular weight excluding hydrogens is 364 g/mol. The monoisotopic (exact) mass is 388 g/mol. The Morgan fingerprint density at radius 1 is 1.07 bits per heavy atom. The van der Waals surface area contributed by atoms with E-state index in [1.54, 1.807) is 32.4 Å². The average molecular weight is 388 g/mol. The van der Waals surface area contributed by atoms with Crippen molar-refractivity contribution in [2.24, 2.45) is 0 Å². The van der Waals surface area contributed by atoms with Crippen molar-refractivity contribution in [2.75, 3.05) is 26.1 Å². The summed E-state index contributed by atoms with van der Waals surface area (Å²) in [6.45, 7) is 4.01. The van der Waals surface area contributed by atoms with Crippen LogP contribution in [0.25, 0.3) is 0 Å². The summed E-state index contributed by atoms with van der Waals surface area (Å²) < 4.78 is 16.1. The zero-order chi connectivity index (χ0) is 19.8. The number of methoxy groups -OCH3 is 2. The number of nitrogens with one attached hydrogen (secondary N) is 2. The number of carbonyl (C=O) groups excluding carboxylic acids is 1. The normalized spacial score (nSPS) is 10.3. The van der Waals surface area contributed by atoms with E-state index >= 15 is 0 Å². The van der Waals surface area contributed by atoms with Crippen LogP contribution >= 0.6 is 12.2 Å². The van der Waals surface area contributed by atoms with Crippen LogP contribution in [-0.2, 0) is 4.79 Å². The predicted molar refractivity (Wildman–Crippen MR) is 110 cm³/mol. The van der Waals surface area contributed by atoms with Gasteiger partial charge in [0, 0.05) is 6.07 Å². The van der Waals surface area contributed by atoms with Crippen LogP contribution in [0.1, 0.15) is 25.3 Å². The molecule has 6 nitrogen and oxygen atoms in total. The van der Waals surface area contributed by atoms with Crippen LogP contribution in [-0.4, -0.2) is 31.8 Å². The number of benzene rings is 2. The molecule has 7 heteroatoms. The van der Waals surface area contributed by atoms with Gasteiger partial charge in [-0.2, -0.15) is 0 Å². The first-order chi connectivity index (χ1) is 12.9. The molecule has 0 spiro atoms. The third-order valence-electron chi connectivity index (χ3n) is 3.81. The Morgan fingerprint density at radius 3 is 2.48 bits per heavy atom. The van der Waals surface area contributed by atoms with Crippen LogP contribution in [0.4, 0.5) is 5.69 Å². The third-order valence-corrected chi connectivity index (χ3v) is 4.01. The maximum absolute atomic E-state index is 12.1. The van der Waals surface area contributed by atoms with Gasteiger partial charge in [-0.3, -0.25) is 10.1 Å². The highest BCUT2D eigenvalue weighted by Gasteiger charge is 2.12. The van der Waals surface area contributed by atoms with Gasteiger partial charge >= 0.3 is 0 Å². The summed E-state index contributed by atoms with van der Waals surface area (Å²) in [5.74, 6) is 1.85. The number of ether oxygens (including phenoxy) is 3. The van der Waals surface area contributed by atoms with Gasteiger partial charge in [-0.15, -0.1) is 0 Å².